The summed E-state index contributed by atoms with van der Waals surface area (Å²) < 4.78 is 1.13. The Balaban J connectivity index is 2.86. The molecule has 1 N–H and O–H groups in total. The lowest BCUT2D eigenvalue weighted by atomic mass is 10.2. The molecule has 0 saturated heterocycles. The number of fused-ring (bicyclic) bond motifs is 1. The Labute approximate surface area is 113 Å². The first-order chi connectivity index (χ1) is 8.88. The molecule has 102 valence electrons. The van der Waals surface area contributed by atoms with E-state index in [-0.39, 0.29) is 11.5 Å². The van der Waals surface area contributed by atoms with E-state index in [9.17, 15) is 14.4 Å². The number of nitrogens with zero attached hydrogens (tertiary/aromatic N) is 2. The highest BCUT2D eigenvalue weighted by Crippen LogP contribution is 2.26. The van der Waals surface area contributed by atoms with Gasteiger partial charge in [-0.3, -0.25) is 19.1 Å². The zero-order valence-electron chi connectivity index (χ0n) is 11.2. The predicted molar refractivity (Wildman–Crippen MR) is 75.1 cm³/mol. The van der Waals surface area contributed by atoms with Crippen molar-refractivity contribution < 1.29 is 4.79 Å². The number of H-pyrrole nitrogens is 1. The van der Waals surface area contributed by atoms with Crippen LogP contribution in [0.25, 0.3) is 10.2 Å². The molecule has 0 fully saturated rings. The summed E-state index contributed by atoms with van der Waals surface area (Å²) in [6.45, 7) is 3.77. The number of amides is 1. The van der Waals surface area contributed by atoms with Crippen molar-refractivity contribution in [3.05, 3.63) is 31.3 Å². The van der Waals surface area contributed by atoms with Crippen molar-refractivity contribution in [2.24, 2.45) is 0 Å². The van der Waals surface area contributed by atoms with Crippen molar-refractivity contribution >= 4 is 27.5 Å². The van der Waals surface area contributed by atoms with Crippen LogP contribution in [0.3, 0.4) is 0 Å². The Morgan fingerprint density at radius 2 is 2.00 bits per heavy atom. The number of aromatic nitrogens is 2. The average Bonchev–Trinajstić information content (AvgIpc) is 2.65. The first-order valence-corrected chi connectivity index (χ1v) is 6.68. The van der Waals surface area contributed by atoms with Gasteiger partial charge in [-0.2, -0.15) is 0 Å². The minimum Gasteiger partial charge on any atom is -0.344 e. The Morgan fingerprint density at radius 3 is 2.53 bits per heavy atom. The zero-order chi connectivity index (χ0) is 14.3. The number of aryl methyl sites for hydroxylation is 1. The summed E-state index contributed by atoms with van der Waals surface area (Å²) >= 11 is 1.15. The van der Waals surface area contributed by atoms with Gasteiger partial charge in [0.25, 0.3) is 11.5 Å². The molecule has 0 radical (unpaired) electrons. The van der Waals surface area contributed by atoms with Crippen LogP contribution in [-0.2, 0) is 6.54 Å². The molecular weight excluding hydrogens is 266 g/mol. The maximum atomic E-state index is 12.2. The van der Waals surface area contributed by atoms with Gasteiger partial charge in [-0.05, 0) is 19.4 Å². The summed E-state index contributed by atoms with van der Waals surface area (Å²) in [5.41, 5.74) is -0.153. The highest BCUT2D eigenvalue weighted by atomic mass is 32.1. The molecule has 0 unspecified atom stereocenters. The third-order valence-electron chi connectivity index (χ3n) is 2.99. The van der Waals surface area contributed by atoms with Gasteiger partial charge in [0.1, 0.15) is 4.83 Å². The van der Waals surface area contributed by atoms with Gasteiger partial charge in [0.15, 0.2) is 0 Å². The topological polar surface area (TPSA) is 75.2 Å². The van der Waals surface area contributed by atoms with E-state index in [0.29, 0.717) is 27.2 Å². The van der Waals surface area contributed by atoms with E-state index < -0.39 is 5.69 Å². The third kappa shape index (κ3) is 1.99. The predicted octanol–water partition coefficient (Wildman–Crippen LogP) is 0.781. The number of rotatable bonds is 2. The van der Waals surface area contributed by atoms with E-state index in [4.69, 9.17) is 0 Å². The van der Waals surface area contributed by atoms with Gasteiger partial charge >= 0.3 is 5.69 Å². The van der Waals surface area contributed by atoms with Crippen LogP contribution in [0.5, 0.6) is 0 Å². The fourth-order valence-electron chi connectivity index (χ4n) is 1.95. The van der Waals surface area contributed by atoms with Crippen molar-refractivity contribution in [3.8, 4) is 0 Å². The van der Waals surface area contributed by atoms with Gasteiger partial charge in [0.2, 0.25) is 0 Å². The largest absolute Gasteiger partial charge is 0.344 e. The van der Waals surface area contributed by atoms with Crippen LogP contribution in [0, 0.1) is 6.92 Å². The van der Waals surface area contributed by atoms with E-state index >= 15 is 0 Å². The van der Waals surface area contributed by atoms with Gasteiger partial charge in [-0.25, -0.2) is 4.79 Å². The molecule has 0 aromatic carbocycles. The number of aromatic amines is 1. The second kappa shape index (κ2) is 4.65. The van der Waals surface area contributed by atoms with E-state index in [1.54, 1.807) is 27.9 Å². The lowest BCUT2D eigenvalue weighted by Crippen LogP contribution is -2.34. The molecule has 0 aliphatic heterocycles. The summed E-state index contributed by atoms with van der Waals surface area (Å²) in [5.74, 6) is -0.165. The molecule has 19 heavy (non-hydrogen) atoms. The van der Waals surface area contributed by atoms with Gasteiger partial charge < -0.3 is 4.90 Å². The molecule has 2 aromatic heterocycles. The van der Waals surface area contributed by atoms with Gasteiger partial charge in [0.05, 0.1) is 10.3 Å². The summed E-state index contributed by atoms with van der Waals surface area (Å²) in [5, 5.41) is 0.427. The van der Waals surface area contributed by atoms with E-state index in [1.165, 1.54) is 4.90 Å². The maximum absolute atomic E-state index is 12.2. The van der Waals surface area contributed by atoms with Crippen molar-refractivity contribution in [2.45, 2.75) is 20.4 Å². The van der Waals surface area contributed by atoms with Crippen molar-refractivity contribution in [1.82, 2.24) is 14.5 Å². The zero-order valence-corrected chi connectivity index (χ0v) is 12.1. The monoisotopic (exact) mass is 281 g/mol. The molecule has 7 heteroatoms. The van der Waals surface area contributed by atoms with Crippen LogP contribution in [0.4, 0.5) is 0 Å². The number of nitrogens with one attached hydrogen (secondary N) is 1. The fraction of sp³-hybridized carbons (Fsp3) is 0.417. The molecule has 0 spiro atoms. The highest BCUT2D eigenvalue weighted by Gasteiger charge is 2.20. The molecule has 0 bridgehead atoms. The van der Waals surface area contributed by atoms with Crippen LogP contribution in [0.1, 0.15) is 22.2 Å². The number of carbonyl (C=O) groups is 1. The first-order valence-electron chi connectivity index (χ1n) is 5.86. The van der Waals surface area contributed by atoms with Gasteiger partial charge in [0, 0.05) is 20.6 Å². The summed E-state index contributed by atoms with van der Waals surface area (Å²) in [7, 11) is 3.30. The molecule has 6 nitrogen and oxygen atoms in total. The normalized spacial score (nSPS) is 10.9. The smallest absolute Gasteiger partial charge is 0.329 e. The van der Waals surface area contributed by atoms with Crippen molar-refractivity contribution in [3.63, 3.8) is 0 Å². The number of hydrogen-bond acceptors (Lipinski definition) is 4. The Kier molecular flexibility index (Phi) is 3.32. The Morgan fingerprint density at radius 1 is 1.37 bits per heavy atom. The second-order valence-electron chi connectivity index (χ2n) is 4.44. The van der Waals surface area contributed by atoms with Crippen LogP contribution >= 0.6 is 11.3 Å². The number of thiophene rings is 1. The van der Waals surface area contributed by atoms with E-state index in [0.717, 1.165) is 15.9 Å². The van der Waals surface area contributed by atoms with Crippen molar-refractivity contribution in [2.75, 3.05) is 14.1 Å². The number of carbonyl (C=O) groups excluding carboxylic acids is 1. The lowest BCUT2D eigenvalue weighted by Gasteiger charge is -2.08. The lowest BCUT2D eigenvalue weighted by molar-refractivity contribution is 0.0831. The molecule has 2 aromatic rings. The molecule has 0 saturated carbocycles. The number of hydrogen-bond donors (Lipinski definition) is 1. The Bertz CT molecular complexity index is 767. The average molecular weight is 281 g/mol. The summed E-state index contributed by atoms with van der Waals surface area (Å²) in [6, 6.07) is 0. The molecule has 0 aliphatic rings. The third-order valence-corrected chi connectivity index (χ3v) is 4.18. The van der Waals surface area contributed by atoms with E-state index in [1.807, 2.05) is 0 Å². The minimum atomic E-state index is -0.440. The van der Waals surface area contributed by atoms with E-state index in [2.05, 4.69) is 4.98 Å². The second-order valence-corrected chi connectivity index (χ2v) is 5.46. The molecule has 0 aliphatic carbocycles. The van der Waals surface area contributed by atoms with Crippen LogP contribution in [0.15, 0.2) is 9.59 Å². The minimum absolute atomic E-state index is 0.165. The molecular formula is C12H15N3O3S. The SMILES string of the molecule is CCn1c(=O)[nH]c2sc(C(=O)N(C)C)c(C)c2c1=O. The van der Waals surface area contributed by atoms with Gasteiger partial charge in [-0.15, -0.1) is 11.3 Å². The first kappa shape index (κ1) is 13.5. The van der Waals surface area contributed by atoms with Crippen molar-refractivity contribution in [1.29, 1.82) is 0 Å². The Hall–Kier alpha value is -1.89. The molecule has 2 rings (SSSR count). The maximum Gasteiger partial charge on any atom is 0.329 e. The van der Waals surface area contributed by atoms with Crippen LogP contribution in [0.2, 0.25) is 0 Å². The summed E-state index contributed by atoms with van der Waals surface area (Å²) in [4.78, 5) is 41.0. The quantitative estimate of drug-likeness (QED) is 0.884. The molecule has 0 atom stereocenters. The van der Waals surface area contributed by atoms with Crippen LogP contribution in [-0.4, -0.2) is 34.5 Å². The standard InChI is InChI=1S/C12H15N3O3S/c1-5-15-10(16)7-6(2)8(11(17)14(3)4)19-9(7)13-12(15)18/h5H2,1-4H3,(H,13,18). The van der Waals surface area contributed by atoms with Crippen LogP contribution < -0.4 is 11.2 Å². The highest BCUT2D eigenvalue weighted by molar-refractivity contribution is 7.20. The summed E-state index contributed by atoms with van der Waals surface area (Å²) in [6.07, 6.45) is 0. The van der Waals surface area contributed by atoms with Gasteiger partial charge in [-0.1, -0.05) is 0 Å². The fourth-order valence-corrected chi connectivity index (χ4v) is 3.16. The molecule has 2 heterocycles. The molecule has 1 amide bonds.